The van der Waals surface area contributed by atoms with Gasteiger partial charge in [0.2, 0.25) is 0 Å². The van der Waals surface area contributed by atoms with Crippen molar-refractivity contribution in [2.24, 2.45) is 0 Å². The number of hydrogen-bond acceptors (Lipinski definition) is 4. The van der Waals surface area contributed by atoms with Crippen molar-refractivity contribution in [1.29, 1.82) is 5.26 Å². The number of nitrogens with zero attached hydrogens (tertiary/aromatic N) is 2. The number of non-ortho nitro benzene ring substituents is 1. The van der Waals surface area contributed by atoms with E-state index in [1.807, 2.05) is 6.07 Å². The number of nitro groups is 1. The minimum Gasteiger partial charge on any atom is -0.289 e. The van der Waals surface area contributed by atoms with Crippen LogP contribution in [-0.4, -0.2) is 10.7 Å². The van der Waals surface area contributed by atoms with Crippen LogP contribution in [0, 0.1) is 21.4 Å². The lowest BCUT2D eigenvalue weighted by molar-refractivity contribution is -0.384. The predicted octanol–water partition coefficient (Wildman–Crippen LogP) is 2.70. The van der Waals surface area contributed by atoms with Gasteiger partial charge in [0.25, 0.3) is 5.69 Å². The summed E-state index contributed by atoms with van der Waals surface area (Å²) in [6, 6.07) is 13.8. The number of nitriles is 1. The average molecular weight is 252 g/mol. The van der Waals surface area contributed by atoms with E-state index in [1.54, 1.807) is 30.3 Å². The fourth-order valence-electron chi connectivity index (χ4n) is 1.68. The van der Waals surface area contributed by atoms with Gasteiger partial charge in [-0.25, -0.2) is 0 Å². The van der Waals surface area contributed by atoms with E-state index in [4.69, 9.17) is 5.26 Å². The van der Waals surface area contributed by atoms with E-state index in [9.17, 15) is 14.9 Å². The Kier molecular flexibility index (Phi) is 3.35. The van der Waals surface area contributed by atoms with Crippen molar-refractivity contribution < 1.29 is 9.72 Å². The van der Waals surface area contributed by atoms with Gasteiger partial charge in [-0.15, -0.1) is 0 Å². The van der Waals surface area contributed by atoms with E-state index in [0.717, 1.165) is 6.07 Å². The molecular weight excluding hydrogens is 244 g/mol. The number of rotatable bonds is 3. The van der Waals surface area contributed by atoms with Gasteiger partial charge in [0, 0.05) is 23.3 Å². The molecule has 0 fully saturated rings. The summed E-state index contributed by atoms with van der Waals surface area (Å²) in [7, 11) is 0. The molecule has 0 spiro atoms. The number of carbonyl (C=O) groups is 1. The number of ketones is 1. The summed E-state index contributed by atoms with van der Waals surface area (Å²) in [6.45, 7) is 0. The molecule has 0 aliphatic heterocycles. The summed E-state index contributed by atoms with van der Waals surface area (Å²) < 4.78 is 0. The highest BCUT2D eigenvalue weighted by molar-refractivity contribution is 6.10. The van der Waals surface area contributed by atoms with Gasteiger partial charge in [0.1, 0.15) is 0 Å². The standard InChI is InChI=1S/C14H8N2O3/c15-9-11-6-7-12(16(18)19)8-13(11)14(17)10-4-2-1-3-5-10/h1-8H. The highest BCUT2D eigenvalue weighted by atomic mass is 16.6. The molecule has 0 aliphatic carbocycles. The highest BCUT2D eigenvalue weighted by Crippen LogP contribution is 2.20. The maximum absolute atomic E-state index is 12.2. The number of benzene rings is 2. The van der Waals surface area contributed by atoms with Crippen molar-refractivity contribution in [1.82, 2.24) is 0 Å². The normalized spacial score (nSPS) is 9.63. The second-order valence-corrected chi connectivity index (χ2v) is 3.79. The van der Waals surface area contributed by atoms with Gasteiger partial charge in [-0.3, -0.25) is 14.9 Å². The summed E-state index contributed by atoms with van der Waals surface area (Å²) in [5, 5.41) is 19.7. The van der Waals surface area contributed by atoms with Crippen LogP contribution in [0.5, 0.6) is 0 Å². The van der Waals surface area contributed by atoms with Gasteiger partial charge in [0.15, 0.2) is 5.78 Å². The molecule has 0 saturated carbocycles. The van der Waals surface area contributed by atoms with Crippen LogP contribution in [0.3, 0.4) is 0 Å². The van der Waals surface area contributed by atoms with Crippen LogP contribution in [0.1, 0.15) is 21.5 Å². The van der Waals surface area contributed by atoms with E-state index in [2.05, 4.69) is 0 Å². The topological polar surface area (TPSA) is 84.0 Å². The minimum atomic E-state index is -0.594. The zero-order chi connectivity index (χ0) is 13.8. The predicted molar refractivity (Wildman–Crippen MR) is 67.7 cm³/mol. The maximum atomic E-state index is 12.2. The van der Waals surface area contributed by atoms with Crippen molar-refractivity contribution in [2.45, 2.75) is 0 Å². The summed E-state index contributed by atoms with van der Waals surface area (Å²) in [6.07, 6.45) is 0. The molecule has 2 aromatic carbocycles. The van der Waals surface area contributed by atoms with E-state index < -0.39 is 10.7 Å². The zero-order valence-corrected chi connectivity index (χ0v) is 9.74. The molecular formula is C14H8N2O3. The summed E-state index contributed by atoms with van der Waals surface area (Å²) in [4.78, 5) is 22.4. The first-order chi connectivity index (χ1) is 9.13. The molecule has 5 heteroatoms. The molecule has 0 saturated heterocycles. The van der Waals surface area contributed by atoms with E-state index in [0.29, 0.717) is 5.56 Å². The third kappa shape index (κ3) is 2.48. The van der Waals surface area contributed by atoms with Gasteiger partial charge in [-0.1, -0.05) is 30.3 Å². The largest absolute Gasteiger partial charge is 0.289 e. The maximum Gasteiger partial charge on any atom is 0.270 e. The molecule has 19 heavy (non-hydrogen) atoms. The van der Waals surface area contributed by atoms with Crippen LogP contribution >= 0.6 is 0 Å². The molecule has 92 valence electrons. The van der Waals surface area contributed by atoms with Gasteiger partial charge in [-0.2, -0.15) is 5.26 Å². The number of nitro benzene ring substituents is 1. The van der Waals surface area contributed by atoms with Crippen molar-refractivity contribution in [3.8, 4) is 6.07 Å². The molecule has 2 aromatic rings. The molecule has 0 heterocycles. The van der Waals surface area contributed by atoms with E-state index in [1.165, 1.54) is 12.1 Å². The van der Waals surface area contributed by atoms with Crippen LogP contribution in [0.15, 0.2) is 48.5 Å². The van der Waals surface area contributed by atoms with Gasteiger partial charge in [-0.05, 0) is 6.07 Å². The van der Waals surface area contributed by atoms with E-state index in [-0.39, 0.29) is 16.8 Å². The lowest BCUT2D eigenvalue weighted by atomic mass is 9.98. The fourth-order valence-corrected chi connectivity index (χ4v) is 1.68. The minimum absolute atomic E-state index is 0.0444. The molecule has 0 atom stereocenters. The number of hydrogen-bond donors (Lipinski definition) is 0. The quantitative estimate of drug-likeness (QED) is 0.477. The molecule has 0 bridgehead atoms. The van der Waals surface area contributed by atoms with Gasteiger partial charge < -0.3 is 0 Å². The fraction of sp³-hybridized carbons (Fsp3) is 0. The smallest absolute Gasteiger partial charge is 0.270 e. The van der Waals surface area contributed by atoms with Crippen LogP contribution < -0.4 is 0 Å². The molecule has 5 nitrogen and oxygen atoms in total. The molecule has 0 amide bonds. The van der Waals surface area contributed by atoms with Crippen molar-refractivity contribution in [3.63, 3.8) is 0 Å². The van der Waals surface area contributed by atoms with Crippen LogP contribution in [0.2, 0.25) is 0 Å². The Balaban J connectivity index is 2.55. The van der Waals surface area contributed by atoms with Crippen molar-refractivity contribution in [3.05, 3.63) is 75.3 Å². The average Bonchev–Trinajstić information content (AvgIpc) is 2.46. The molecule has 0 aromatic heterocycles. The first-order valence-electron chi connectivity index (χ1n) is 5.42. The second kappa shape index (κ2) is 5.10. The lowest BCUT2D eigenvalue weighted by Crippen LogP contribution is -2.05. The Hall–Kier alpha value is -3.00. The summed E-state index contributed by atoms with van der Waals surface area (Å²) >= 11 is 0. The zero-order valence-electron chi connectivity index (χ0n) is 9.74. The first kappa shape index (κ1) is 12.5. The second-order valence-electron chi connectivity index (χ2n) is 3.79. The van der Waals surface area contributed by atoms with E-state index >= 15 is 0 Å². The Bertz CT molecular complexity index is 688. The third-order valence-corrected chi connectivity index (χ3v) is 2.62. The van der Waals surface area contributed by atoms with Crippen LogP contribution in [0.4, 0.5) is 5.69 Å². The van der Waals surface area contributed by atoms with Crippen molar-refractivity contribution in [2.75, 3.05) is 0 Å². The van der Waals surface area contributed by atoms with Gasteiger partial charge in [0.05, 0.1) is 16.6 Å². The van der Waals surface area contributed by atoms with Gasteiger partial charge >= 0.3 is 0 Å². The Morgan fingerprint density at radius 1 is 1.16 bits per heavy atom. The molecule has 0 radical (unpaired) electrons. The number of carbonyl (C=O) groups excluding carboxylic acids is 1. The molecule has 2 rings (SSSR count). The molecule has 0 aliphatic rings. The molecule has 0 unspecified atom stereocenters. The Morgan fingerprint density at radius 3 is 2.42 bits per heavy atom. The summed E-state index contributed by atoms with van der Waals surface area (Å²) in [5.74, 6) is -0.402. The Labute approximate surface area is 108 Å². The van der Waals surface area contributed by atoms with Crippen molar-refractivity contribution >= 4 is 11.5 Å². The van der Waals surface area contributed by atoms with Crippen LogP contribution in [-0.2, 0) is 0 Å². The Morgan fingerprint density at radius 2 is 1.84 bits per heavy atom. The first-order valence-corrected chi connectivity index (χ1v) is 5.42. The monoisotopic (exact) mass is 252 g/mol. The highest BCUT2D eigenvalue weighted by Gasteiger charge is 2.17. The SMILES string of the molecule is N#Cc1ccc([N+](=O)[O-])cc1C(=O)c1ccccc1. The third-order valence-electron chi connectivity index (χ3n) is 2.62. The molecule has 0 N–H and O–H groups in total. The summed E-state index contributed by atoms with van der Waals surface area (Å²) in [5.41, 5.74) is 0.347. The van der Waals surface area contributed by atoms with Crippen LogP contribution in [0.25, 0.3) is 0 Å². The lowest BCUT2D eigenvalue weighted by Gasteiger charge is -2.03.